The highest BCUT2D eigenvalue weighted by Gasteiger charge is 2.23. The largest absolute Gasteiger partial charge is 0.337 e. The predicted molar refractivity (Wildman–Crippen MR) is 67.7 cm³/mol. The van der Waals surface area contributed by atoms with Crippen molar-refractivity contribution in [3.63, 3.8) is 0 Å². The average molecular weight is 255 g/mol. The van der Waals surface area contributed by atoms with Crippen molar-refractivity contribution in [3.05, 3.63) is 48.0 Å². The fourth-order valence-corrected chi connectivity index (χ4v) is 1.75. The summed E-state index contributed by atoms with van der Waals surface area (Å²) in [4.78, 5) is 17.7. The van der Waals surface area contributed by atoms with Crippen LogP contribution in [0.2, 0.25) is 0 Å². The smallest absolute Gasteiger partial charge is 0.244 e. The van der Waals surface area contributed by atoms with Gasteiger partial charge in [0.05, 0.1) is 12.6 Å². The van der Waals surface area contributed by atoms with Crippen molar-refractivity contribution in [1.29, 1.82) is 5.26 Å². The number of hydrogen-bond acceptors (Lipinski definition) is 4. The van der Waals surface area contributed by atoms with Gasteiger partial charge in [-0.05, 0) is 5.56 Å². The van der Waals surface area contributed by atoms with Gasteiger partial charge in [0.25, 0.3) is 0 Å². The zero-order valence-corrected chi connectivity index (χ0v) is 10.4. The quantitative estimate of drug-likeness (QED) is 0.885. The van der Waals surface area contributed by atoms with Gasteiger partial charge in [-0.25, -0.2) is 4.98 Å². The summed E-state index contributed by atoms with van der Waals surface area (Å²) >= 11 is 0. The molecule has 2 rings (SSSR count). The van der Waals surface area contributed by atoms with Crippen molar-refractivity contribution in [1.82, 2.24) is 20.1 Å². The lowest BCUT2D eigenvalue weighted by atomic mass is 9.99. The van der Waals surface area contributed by atoms with E-state index in [1.165, 1.54) is 11.2 Å². The van der Waals surface area contributed by atoms with E-state index in [1.54, 1.807) is 19.2 Å². The summed E-state index contributed by atoms with van der Waals surface area (Å²) in [6.07, 6.45) is 1.38. The Bertz CT molecular complexity index is 573. The lowest BCUT2D eigenvalue weighted by Crippen LogP contribution is -2.31. The van der Waals surface area contributed by atoms with Crippen LogP contribution in [-0.4, -0.2) is 33.0 Å². The van der Waals surface area contributed by atoms with E-state index >= 15 is 0 Å². The van der Waals surface area contributed by atoms with Crippen LogP contribution in [-0.2, 0) is 11.3 Å². The SMILES string of the molecule is CN(Cc1ncn[nH]1)C(=O)C(C#N)c1ccccc1. The molecule has 0 aliphatic carbocycles. The first-order valence-corrected chi connectivity index (χ1v) is 5.76. The van der Waals surface area contributed by atoms with E-state index < -0.39 is 5.92 Å². The maximum absolute atomic E-state index is 12.2. The second kappa shape index (κ2) is 5.78. The lowest BCUT2D eigenvalue weighted by Gasteiger charge is -2.19. The topological polar surface area (TPSA) is 85.7 Å². The van der Waals surface area contributed by atoms with Crippen LogP contribution in [0.15, 0.2) is 36.7 Å². The van der Waals surface area contributed by atoms with Gasteiger partial charge in [-0.15, -0.1) is 0 Å². The van der Waals surface area contributed by atoms with Gasteiger partial charge in [0, 0.05) is 7.05 Å². The number of nitrogens with zero attached hydrogens (tertiary/aromatic N) is 4. The fraction of sp³-hybridized carbons (Fsp3) is 0.231. The summed E-state index contributed by atoms with van der Waals surface area (Å²) in [6, 6.07) is 11.1. The molecule has 2 aromatic rings. The zero-order chi connectivity index (χ0) is 13.7. The Hall–Kier alpha value is -2.68. The molecule has 1 N–H and O–H groups in total. The van der Waals surface area contributed by atoms with Crippen molar-refractivity contribution < 1.29 is 4.79 Å². The van der Waals surface area contributed by atoms with E-state index in [0.29, 0.717) is 17.9 Å². The summed E-state index contributed by atoms with van der Waals surface area (Å²) < 4.78 is 0. The molecule has 1 unspecified atom stereocenters. The highest BCUT2D eigenvalue weighted by molar-refractivity contribution is 5.86. The summed E-state index contributed by atoms with van der Waals surface area (Å²) in [5.41, 5.74) is 0.694. The molecule has 6 heteroatoms. The summed E-state index contributed by atoms with van der Waals surface area (Å²) in [6.45, 7) is 0.295. The third kappa shape index (κ3) is 2.96. The molecule has 1 amide bonds. The van der Waals surface area contributed by atoms with Crippen LogP contribution in [0, 0.1) is 11.3 Å². The number of amides is 1. The van der Waals surface area contributed by atoms with Gasteiger partial charge >= 0.3 is 0 Å². The Morgan fingerprint density at radius 3 is 2.79 bits per heavy atom. The van der Waals surface area contributed by atoms with Crippen molar-refractivity contribution in [2.75, 3.05) is 7.05 Å². The maximum atomic E-state index is 12.2. The number of nitriles is 1. The molecule has 1 heterocycles. The molecular formula is C13H13N5O. The van der Waals surface area contributed by atoms with Crippen LogP contribution >= 0.6 is 0 Å². The van der Waals surface area contributed by atoms with E-state index in [0.717, 1.165) is 0 Å². The summed E-state index contributed by atoms with van der Waals surface area (Å²) in [7, 11) is 1.64. The minimum Gasteiger partial charge on any atom is -0.337 e. The van der Waals surface area contributed by atoms with Crippen LogP contribution in [0.4, 0.5) is 0 Å². The molecule has 0 aliphatic rings. The van der Waals surface area contributed by atoms with E-state index in [1.807, 2.05) is 24.3 Å². The van der Waals surface area contributed by atoms with Gasteiger partial charge in [0.1, 0.15) is 18.1 Å². The highest BCUT2D eigenvalue weighted by atomic mass is 16.2. The first kappa shape index (κ1) is 12.8. The number of carbonyl (C=O) groups is 1. The van der Waals surface area contributed by atoms with Gasteiger partial charge < -0.3 is 4.90 Å². The fourth-order valence-electron chi connectivity index (χ4n) is 1.75. The molecule has 0 fully saturated rings. The monoisotopic (exact) mass is 255 g/mol. The normalized spacial score (nSPS) is 11.6. The number of benzene rings is 1. The first-order chi connectivity index (χ1) is 9.22. The van der Waals surface area contributed by atoms with Crippen LogP contribution < -0.4 is 0 Å². The summed E-state index contributed by atoms with van der Waals surface area (Å²) in [5.74, 6) is -0.472. The second-order valence-corrected chi connectivity index (χ2v) is 4.10. The third-order valence-electron chi connectivity index (χ3n) is 2.74. The van der Waals surface area contributed by atoms with Gasteiger partial charge in [0.2, 0.25) is 5.91 Å². The zero-order valence-electron chi connectivity index (χ0n) is 10.4. The minimum absolute atomic E-state index is 0.259. The molecule has 0 radical (unpaired) electrons. The molecule has 1 aromatic heterocycles. The molecule has 1 atom stereocenters. The van der Waals surface area contributed by atoms with Crippen molar-refractivity contribution >= 4 is 5.91 Å². The van der Waals surface area contributed by atoms with Gasteiger partial charge in [0.15, 0.2) is 0 Å². The molecule has 0 saturated carbocycles. The molecule has 0 saturated heterocycles. The molecule has 0 aliphatic heterocycles. The van der Waals surface area contributed by atoms with Gasteiger partial charge in [-0.2, -0.15) is 10.4 Å². The standard InChI is InChI=1S/C13H13N5O/c1-18(8-12-15-9-16-17-12)13(19)11(7-14)10-5-3-2-4-6-10/h2-6,9,11H,8H2,1H3,(H,15,16,17). The molecule has 0 spiro atoms. The number of hydrogen-bond donors (Lipinski definition) is 1. The van der Waals surface area contributed by atoms with Gasteiger partial charge in [-0.3, -0.25) is 9.89 Å². The molecule has 19 heavy (non-hydrogen) atoms. The van der Waals surface area contributed by atoms with Crippen LogP contribution in [0.5, 0.6) is 0 Å². The van der Waals surface area contributed by atoms with Crippen LogP contribution in [0.1, 0.15) is 17.3 Å². The molecule has 1 aromatic carbocycles. The van der Waals surface area contributed by atoms with Crippen molar-refractivity contribution in [3.8, 4) is 6.07 Å². The highest BCUT2D eigenvalue weighted by Crippen LogP contribution is 2.17. The second-order valence-electron chi connectivity index (χ2n) is 4.10. The minimum atomic E-state index is -0.797. The Kier molecular flexibility index (Phi) is 3.88. The van der Waals surface area contributed by atoms with E-state index in [2.05, 4.69) is 15.2 Å². The van der Waals surface area contributed by atoms with E-state index in [4.69, 9.17) is 0 Å². The number of carbonyl (C=O) groups excluding carboxylic acids is 1. The van der Waals surface area contributed by atoms with E-state index in [-0.39, 0.29) is 5.91 Å². The average Bonchev–Trinajstić information content (AvgIpc) is 2.93. The predicted octanol–water partition coefficient (Wildman–Crippen LogP) is 1.07. The number of H-pyrrole nitrogens is 1. The molecule has 0 bridgehead atoms. The molecule has 6 nitrogen and oxygen atoms in total. The number of aromatic amines is 1. The number of rotatable bonds is 4. The Morgan fingerprint density at radius 1 is 1.47 bits per heavy atom. The third-order valence-corrected chi connectivity index (χ3v) is 2.74. The van der Waals surface area contributed by atoms with Gasteiger partial charge in [-0.1, -0.05) is 30.3 Å². The van der Waals surface area contributed by atoms with E-state index in [9.17, 15) is 10.1 Å². The summed E-state index contributed by atoms with van der Waals surface area (Å²) in [5, 5.41) is 15.6. The lowest BCUT2D eigenvalue weighted by molar-refractivity contribution is -0.130. The molecular weight excluding hydrogens is 242 g/mol. The maximum Gasteiger partial charge on any atom is 0.244 e. The Balaban J connectivity index is 2.11. The van der Waals surface area contributed by atoms with Crippen LogP contribution in [0.25, 0.3) is 0 Å². The van der Waals surface area contributed by atoms with Crippen molar-refractivity contribution in [2.24, 2.45) is 0 Å². The number of nitrogens with one attached hydrogen (secondary N) is 1. The Labute approximate surface area is 110 Å². The molecule has 96 valence electrons. The van der Waals surface area contributed by atoms with Crippen molar-refractivity contribution in [2.45, 2.75) is 12.5 Å². The Morgan fingerprint density at radius 2 is 2.21 bits per heavy atom. The number of aromatic nitrogens is 3. The first-order valence-electron chi connectivity index (χ1n) is 5.76. The van der Waals surface area contributed by atoms with Crippen LogP contribution in [0.3, 0.4) is 0 Å². The number of likely N-dealkylation sites (N-methyl/N-ethyl adjacent to an activating group) is 1.